The quantitative estimate of drug-likeness (QED) is 0.688. The predicted molar refractivity (Wildman–Crippen MR) is 56.2 cm³/mol. The van der Waals surface area contributed by atoms with Crippen molar-refractivity contribution in [3.05, 3.63) is 18.0 Å². The van der Waals surface area contributed by atoms with Crippen molar-refractivity contribution in [1.29, 1.82) is 0 Å². The molecule has 1 unspecified atom stereocenters. The first kappa shape index (κ1) is 11.0. The summed E-state index contributed by atoms with van der Waals surface area (Å²) in [6, 6.07) is 0.325. The molecule has 1 aliphatic rings. The maximum Gasteiger partial charge on any atom is 0.135 e. The van der Waals surface area contributed by atoms with Crippen LogP contribution < -0.4 is 0 Å². The Bertz CT molecular complexity index is 304. The lowest BCUT2D eigenvalue weighted by molar-refractivity contribution is -0.117. The second kappa shape index (κ2) is 4.94. The molecule has 0 aliphatic heterocycles. The summed E-state index contributed by atoms with van der Waals surface area (Å²) in [5.74, 6) is 0.369. The summed E-state index contributed by atoms with van der Waals surface area (Å²) in [5.41, 5.74) is 1.16. The van der Waals surface area contributed by atoms with Gasteiger partial charge in [0, 0.05) is 19.0 Å². The van der Waals surface area contributed by atoms with Crippen molar-refractivity contribution in [2.24, 2.45) is 0 Å². The average molecular weight is 194 g/mol. The van der Waals surface area contributed by atoms with Gasteiger partial charge in [0.15, 0.2) is 0 Å². The van der Waals surface area contributed by atoms with Gasteiger partial charge < -0.3 is 0 Å². The molecule has 3 nitrogen and oxygen atoms in total. The highest BCUT2D eigenvalue weighted by atomic mass is 16.1. The average Bonchev–Trinajstić information content (AvgIpc) is 2.78. The monoisotopic (exact) mass is 194 g/mol. The van der Waals surface area contributed by atoms with Gasteiger partial charge in [0.1, 0.15) is 5.78 Å². The first-order valence-corrected chi connectivity index (χ1v) is 5.28. The second-order valence-corrected chi connectivity index (χ2v) is 3.43. The van der Waals surface area contributed by atoms with Gasteiger partial charge in [0.25, 0.3) is 0 Å². The molecular weight excluding hydrogens is 176 g/mol. The number of aryl methyl sites for hydroxylation is 1. The van der Waals surface area contributed by atoms with Crippen LogP contribution in [0.2, 0.25) is 0 Å². The zero-order valence-corrected chi connectivity index (χ0v) is 9.16. The Morgan fingerprint density at radius 2 is 2.21 bits per heavy atom. The van der Waals surface area contributed by atoms with Crippen LogP contribution in [0.25, 0.3) is 0 Å². The number of Topliss-reactive ketones (excluding diaryl/α,β-unsaturated/α-hetero) is 1. The van der Waals surface area contributed by atoms with Crippen molar-refractivity contribution >= 4 is 5.78 Å². The summed E-state index contributed by atoms with van der Waals surface area (Å²) in [4.78, 5) is 11.0. The highest BCUT2D eigenvalue weighted by Crippen LogP contribution is 2.26. The number of aromatic nitrogens is 2. The lowest BCUT2D eigenvalue weighted by atomic mass is 10.2. The number of rotatable bonds is 1. The maximum atomic E-state index is 11.0. The first-order valence-electron chi connectivity index (χ1n) is 5.28. The van der Waals surface area contributed by atoms with Crippen LogP contribution in [0.5, 0.6) is 0 Å². The fourth-order valence-corrected chi connectivity index (χ4v) is 1.65. The number of carbonyl (C=O) groups excluding carboxylic acids is 1. The fourth-order valence-electron chi connectivity index (χ4n) is 1.65. The van der Waals surface area contributed by atoms with Crippen molar-refractivity contribution in [3.63, 3.8) is 0 Å². The maximum absolute atomic E-state index is 11.0. The van der Waals surface area contributed by atoms with E-state index in [9.17, 15) is 4.79 Å². The van der Waals surface area contributed by atoms with E-state index >= 15 is 0 Å². The minimum absolute atomic E-state index is 0.325. The Balaban J connectivity index is 0.000000461. The molecule has 0 bridgehead atoms. The lowest BCUT2D eigenvalue weighted by Crippen LogP contribution is -2.05. The fraction of sp³-hybridized carbons (Fsp3) is 0.636. The minimum Gasteiger partial charge on any atom is -0.300 e. The third-order valence-electron chi connectivity index (χ3n) is 2.32. The van der Waals surface area contributed by atoms with E-state index in [4.69, 9.17) is 0 Å². The van der Waals surface area contributed by atoms with Crippen LogP contribution in [0.15, 0.2) is 12.4 Å². The lowest BCUT2D eigenvalue weighted by Gasteiger charge is -2.07. The highest BCUT2D eigenvalue weighted by Gasteiger charge is 2.23. The molecule has 2 rings (SSSR count). The van der Waals surface area contributed by atoms with Crippen LogP contribution in [-0.4, -0.2) is 15.6 Å². The molecule has 1 aromatic rings. The third-order valence-corrected chi connectivity index (χ3v) is 2.32. The SMILES string of the molecule is CC.Cc1cnn(C2CCC(=O)C2)c1. The smallest absolute Gasteiger partial charge is 0.135 e. The molecule has 1 aromatic heterocycles. The Morgan fingerprint density at radius 3 is 2.64 bits per heavy atom. The Labute approximate surface area is 85.1 Å². The zero-order chi connectivity index (χ0) is 10.6. The van der Waals surface area contributed by atoms with Crippen LogP contribution in [-0.2, 0) is 4.79 Å². The van der Waals surface area contributed by atoms with E-state index in [0.717, 1.165) is 18.4 Å². The van der Waals surface area contributed by atoms with E-state index < -0.39 is 0 Å². The molecule has 1 saturated carbocycles. The molecule has 0 N–H and O–H groups in total. The van der Waals surface area contributed by atoms with E-state index in [1.54, 1.807) is 0 Å². The van der Waals surface area contributed by atoms with E-state index in [-0.39, 0.29) is 0 Å². The van der Waals surface area contributed by atoms with Gasteiger partial charge in [-0.1, -0.05) is 13.8 Å². The Morgan fingerprint density at radius 1 is 1.50 bits per heavy atom. The second-order valence-electron chi connectivity index (χ2n) is 3.43. The van der Waals surface area contributed by atoms with E-state index in [1.165, 1.54) is 0 Å². The Hall–Kier alpha value is -1.12. The number of carbonyl (C=O) groups is 1. The summed E-state index contributed by atoms with van der Waals surface area (Å²) >= 11 is 0. The summed E-state index contributed by atoms with van der Waals surface area (Å²) < 4.78 is 1.92. The first-order chi connectivity index (χ1) is 6.75. The summed E-state index contributed by atoms with van der Waals surface area (Å²) in [7, 11) is 0. The van der Waals surface area contributed by atoms with Gasteiger partial charge in [-0.2, -0.15) is 5.10 Å². The van der Waals surface area contributed by atoms with Crippen LogP contribution in [0.3, 0.4) is 0 Å². The van der Waals surface area contributed by atoms with Crippen molar-refractivity contribution in [3.8, 4) is 0 Å². The third kappa shape index (κ3) is 2.44. The molecule has 0 saturated heterocycles. The molecule has 1 heterocycles. The molecule has 3 heteroatoms. The zero-order valence-electron chi connectivity index (χ0n) is 9.16. The molecule has 78 valence electrons. The summed E-state index contributed by atoms with van der Waals surface area (Å²) in [5, 5.41) is 4.20. The molecule has 0 amide bonds. The topological polar surface area (TPSA) is 34.9 Å². The van der Waals surface area contributed by atoms with E-state index in [2.05, 4.69) is 5.10 Å². The van der Waals surface area contributed by atoms with Gasteiger partial charge >= 0.3 is 0 Å². The number of hydrogen-bond acceptors (Lipinski definition) is 2. The van der Waals surface area contributed by atoms with Gasteiger partial charge in [0.2, 0.25) is 0 Å². The number of nitrogens with zero attached hydrogens (tertiary/aromatic N) is 2. The van der Waals surface area contributed by atoms with Crippen LogP contribution >= 0.6 is 0 Å². The number of ketones is 1. The van der Waals surface area contributed by atoms with Crippen LogP contribution in [0, 0.1) is 6.92 Å². The number of hydrogen-bond donors (Lipinski definition) is 0. The van der Waals surface area contributed by atoms with Crippen LogP contribution in [0.1, 0.15) is 44.7 Å². The van der Waals surface area contributed by atoms with Gasteiger partial charge in [0.05, 0.1) is 12.2 Å². The molecule has 0 radical (unpaired) electrons. The van der Waals surface area contributed by atoms with E-state index in [0.29, 0.717) is 18.2 Å². The normalized spacial score (nSPS) is 20.5. The van der Waals surface area contributed by atoms with Gasteiger partial charge in [-0.15, -0.1) is 0 Å². The predicted octanol–water partition coefficient (Wildman–Crippen LogP) is 2.51. The Kier molecular flexibility index (Phi) is 3.86. The summed E-state index contributed by atoms with van der Waals surface area (Å²) in [6.45, 7) is 6.01. The highest BCUT2D eigenvalue weighted by molar-refractivity contribution is 5.80. The molecule has 0 aromatic carbocycles. The van der Waals surface area contributed by atoms with Gasteiger partial charge in [-0.3, -0.25) is 9.48 Å². The van der Waals surface area contributed by atoms with E-state index in [1.807, 2.05) is 37.8 Å². The summed E-state index contributed by atoms with van der Waals surface area (Å²) in [6.07, 6.45) is 6.19. The molecular formula is C11H18N2O. The largest absolute Gasteiger partial charge is 0.300 e. The van der Waals surface area contributed by atoms with Crippen molar-refractivity contribution in [2.45, 2.75) is 46.1 Å². The van der Waals surface area contributed by atoms with Gasteiger partial charge in [-0.25, -0.2) is 0 Å². The standard InChI is InChI=1S/C9H12N2O.C2H6/c1-7-5-10-11(6-7)8-2-3-9(12)4-8;1-2/h5-6,8H,2-4H2,1H3;1-2H3. The van der Waals surface area contributed by atoms with Gasteiger partial charge in [-0.05, 0) is 18.9 Å². The molecule has 1 atom stereocenters. The molecule has 1 fully saturated rings. The minimum atomic E-state index is 0.325. The van der Waals surface area contributed by atoms with Crippen molar-refractivity contribution in [2.75, 3.05) is 0 Å². The van der Waals surface area contributed by atoms with Crippen LogP contribution in [0.4, 0.5) is 0 Å². The van der Waals surface area contributed by atoms with Crippen molar-refractivity contribution < 1.29 is 4.79 Å². The molecule has 14 heavy (non-hydrogen) atoms. The molecule has 1 aliphatic carbocycles. The molecule has 0 spiro atoms. The van der Waals surface area contributed by atoms with Crippen molar-refractivity contribution in [1.82, 2.24) is 9.78 Å².